The van der Waals surface area contributed by atoms with Crippen molar-refractivity contribution in [2.45, 2.75) is 26.7 Å². The number of benzene rings is 2. The Labute approximate surface area is 139 Å². The molecule has 0 fully saturated rings. The zero-order chi connectivity index (χ0) is 14.8. The molecule has 2 aliphatic rings. The lowest BCUT2D eigenvalue weighted by atomic mass is 10.2. The van der Waals surface area contributed by atoms with Gasteiger partial charge in [0.1, 0.15) is 0 Å². The molecule has 2 unspecified atom stereocenters. The molecule has 2 heterocycles. The summed E-state index contributed by atoms with van der Waals surface area (Å²) in [6.45, 7) is 0.868. The predicted octanol–water partition coefficient (Wildman–Crippen LogP) is 4.85. The van der Waals surface area contributed by atoms with Gasteiger partial charge in [0.2, 0.25) is 0 Å². The van der Waals surface area contributed by atoms with Crippen molar-refractivity contribution >= 4 is 41.6 Å². The van der Waals surface area contributed by atoms with E-state index in [9.17, 15) is 0 Å². The van der Waals surface area contributed by atoms with Crippen LogP contribution < -0.4 is 0 Å². The highest BCUT2D eigenvalue weighted by Gasteiger charge is 2.26. The van der Waals surface area contributed by atoms with Gasteiger partial charge in [0.25, 0.3) is 0 Å². The van der Waals surface area contributed by atoms with Gasteiger partial charge in [-0.15, -0.1) is 23.5 Å². The number of rotatable bonds is 1. The van der Waals surface area contributed by atoms with Gasteiger partial charge in [-0.05, 0) is 24.6 Å². The molecule has 0 spiro atoms. The zero-order valence-electron chi connectivity index (χ0n) is 12.1. The van der Waals surface area contributed by atoms with E-state index in [1.54, 1.807) is 0 Å². The van der Waals surface area contributed by atoms with Crippen LogP contribution in [0.3, 0.4) is 0 Å². The molecule has 0 aliphatic carbocycles. The number of aliphatic imine (C=N–C) groups is 2. The fourth-order valence-electron chi connectivity index (χ4n) is 2.70. The van der Waals surface area contributed by atoms with E-state index in [1.807, 2.05) is 29.7 Å². The Bertz CT molecular complexity index is 676. The van der Waals surface area contributed by atoms with Gasteiger partial charge in [0, 0.05) is 38.3 Å². The summed E-state index contributed by atoms with van der Waals surface area (Å²) >= 11 is 3.91. The summed E-state index contributed by atoms with van der Waals surface area (Å²) in [7, 11) is 0. The van der Waals surface area contributed by atoms with E-state index in [0.29, 0.717) is 10.5 Å². The average molecular weight is 324 g/mol. The van der Waals surface area contributed by atoms with E-state index < -0.39 is 0 Å². The van der Waals surface area contributed by atoms with Crippen LogP contribution in [-0.2, 0) is 0 Å². The Balaban J connectivity index is 1.61. The van der Waals surface area contributed by atoms with Crippen LogP contribution in [0.15, 0.2) is 68.3 Å². The normalized spacial score (nSPS) is 23.3. The van der Waals surface area contributed by atoms with Crippen LogP contribution in [-0.4, -0.2) is 29.5 Å². The van der Waals surface area contributed by atoms with Crippen LogP contribution in [0, 0.1) is 0 Å². The molecule has 0 saturated carbocycles. The summed E-state index contributed by atoms with van der Waals surface area (Å²) < 4.78 is 0. The predicted molar refractivity (Wildman–Crippen MR) is 97.4 cm³/mol. The van der Waals surface area contributed by atoms with E-state index in [1.165, 1.54) is 15.4 Å². The summed E-state index contributed by atoms with van der Waals surface area (Å²) in [5.74, 6) is 0. The summed E-state index contributed by atoms with van der Waals surface area (Å²) in [6, 6.07) is 17.0. The Morgan fingerprint density at radius 3 is 2.59 bits per heavy atom. The van der Waals surface area contributed by atoms with Crippen molar-refractivity contribution < 1.29 is 0 Å². The van der Waals surface area contributed by atoms with Crippen LogP contribution in [0.2, 0.25) is 0 Å². The molecule has 4 rings (SSSR count). The van der Waals surface area contributed by atoms with Crippen LogP contribution in [0.1, 0.15) is 12.0 Å². The van der Waals surface area contributed by atoms with Crippen LogP contribution in [0.4, 0.5) is 5.69 Å². The molecule has 2 aromatic rings. The largest absolute Gasteiger partial charge is 0.291 e. The number of fused-ring (bicyclic) bond motifs is 2. The number of para-hydroxylation sites is 1. The third-order valence-corrected chi connectivity index (χ3v) is 6.84. The van der Waals surface area contributed by atoms with Gasteiger partial charge in [-0.2, -0.15) is 0 Å². The molecule has 4 heteroatoms. The van der Waals surface area contributed by atoms with Gasteiger partial charge in [-0.1, -0.05) is 30.3 Å². The van der Waals surface area contributed by atoms with Crippen molar-refractivity contribution in [2.75, 3.05) is 6.54 Å². The monoisotopic (exact) mass is 324 g/mol. The van der Waals surface area contributed by atoms with Crippen molar-refractivity contribution in [3.8, 4) is 0 Å². The van der Waals surface area contributed by atoms with Crippen molar-refractivity contribution in [1.29, 1.82) is 0 Å². The first-order valence-corrected chi connectivity index (χ1v) is 9.20. The molecule has 0 radical (unpaired) electrons. The lowest BCUT2D eigenvalue weighted by Crippen LogP contribution is -2.22. The summed E-state index contributed by atoms with van der Waals surface area (Å²) in [5.41, 5.74) is 2.33. The topological polar surface area (TPSA) is 24.7 Å². The maximum absolute atomic E-state index is 4.65. The maximum Gasteiger partial charge on any atom is 0.0761 e. The fraction of sp³-hybridized carbons (Fsp3) is 0.222. The average Bonchev–Trinajstić information content (AvgIpc) is 2.90. The number of nitrogens with zero attached hydrogens (tertiary/aromatic N) is 2. The highest BCUT2D eigenvalue weighted by atomic mass is 32.2. The zero-order valence-corrected chi connectivity index (χ0v) is 13.7. The molecule has 0 saturated heterocycles. The molecule has 0 bridgehead atoms. The first-order chi connectivity index (χ1) is 10.9. The summed E-state index contributed by atoms with van der Waals surface area (Å²) in [5, 5.41) is 0.975. The Kier molecular flexibility index (Phi) is 4.04. The first-order valence-electron chi connectivity index (χ1n) is 7.44. The molecule has 0 N–H and O–H groups in total. The van der Waals surface area contributed by atoms with Gasteiger partial charge < -0.3 is 0 Å². The third-order valence-electron chi connectivity index (χ3n) is 3.84. The standard InChI is InChI=1S/C18H16N2S2/c1-3-7-15-13(5-1)11-19-12-18(21-15)17-9-10-20-14-6-2-4-8-16(14)22-17/h1-8,10-11,17-18H,9,12H2. The molecular weight excluding hydrogens is 308 g/mol. The second kappa shape index (κ2) is 6.31. The van der Waals surface area contributed by atoms with E-state index in [4.69, 9.17) is 0 Å². The highest BCUT2D eigenvalue weighted by molar-refractivity contribution is 8.04. The molecule has 2 nitrogen and oxygen atoms in total. The molecule has 0 aromatic heterocycles. The fourth-order valence-corrected chi connectivity index (χ4v) is 5.34. The maximum atomic E-state index is 4.65. The second-order valence-electron chi connectivity index (χ2n) is 5.36. The van der Waals surface area contributed by atoms with Crippen LogP contribution in [0.5, 0.6) is 0 Å². The van der Waals surface area contributed by atoms with Crippen LogP contribution >= 0.6 is 23.5 Å². The van der Waals surface area contributed by atoms with Crippen molar-refractivity contribution in [3.63, 3.8) is 0 Å². The van der Waals surface area contributed by atoms with E-state index >= 15 is 0 Å². The Hall–Kier alpha value is -1.52. The van der Waals surface area contributed by atoms with Gasteiger partial charge in [-0.25, -0.2) is 0 Å². The Morgan fingerprint density at radius 2 is 1.64 bits per heavy atom. The number of hydrogen-bond donors (Lipinski definition) is 0. The first kappa shape index (κ1) is 14.1. The molecule has 0 amide bonds. The van der Waals surface area contributed by atoms with Gasteiger partial charge in [0.15, 0.2) is 0 Å². The number of thioether (sulfide) groups is 2. The van der Waals surface area contributed by atoms with Crippen molar-refractivity contribution in [1.82, 2.24) is 0 Å². The van der Waals surface area contributed by atoms with E-state index in [2.05, 4.69) is 64.7 Å². The molecule has 110 valence electrons. The van der Waals surface area contributed by atoms with E-state index in [0.717, 1.165) is 18.7 Å². The minimum absolute atomic E-state index is 0.475. The lowest BCUT2D eigenvalue weighted by molar-refractivity contribution is 0.821. The summed E-state index contributed by atoms with van der Waals surface area (Å²) in [6.07, 6.45) is 5.09. The third kappa shape index (κ3) is 2.85. The van der Waals surface area contributed by atoms with Gasteiger partial charge >= 0.3 is 0 Å². The minimum Gasteiger partial charge on any atom is -0.291 e. The second-order valence-corrected chi connectivity index (χ2v) is 7.92. The SMILES string of the molecule is C1=NCC(C2CC=Nc3ccccc3S2)Sc2ccccc21. The molecular formula is C18H16N2S2. The highest BCUT2D eigenvalue weighted by Crippen LogP contribution is 2.42. The molecule has 2 aromatic carbocycles. The van der Waals surface area contributed by atoms with Crippen LogP contribution in [0.25, 0.3) is 0 Å². The van der Waals surface area contributed by atoms with Crippen molar-refractivity contribution in [2.24, 2.45) is 9.98 Å². The van der Waals surface area contributed by atoms with Gasteiger partial charge in [-0.3, -0.25) is 9.98 Å². The molecule has 22 heavy (non-hydrogen) atoms. The molecule has 2 atom stereocenters. The quantitative estimate of drug-likeness (QED) is 0.749. The minimum atomic E-state index is 0.475. The number of hydrogen-bond acceptors (Lipinski definition) is 4. The smallest absolute Gasteiger partial charge is 0.0761 e. The van der Waals surface area contributed by atoms with E-state index in [-0.39, 0.29) is 0 Å². The van der Waals surface area contributed by atoms with Gasteiger partial charge in [0.05, 0.1) is 12.2 Å². The Morgan fingerprint density at radius 1 is 0.864 bits per heavy atom. The molecule has 2 aliphatic heterocycles. The van der Waals surface area contributed by atoms with Crippen molar-refractivity contribution in [3.05, 3.63) is 54.1 Å². The lowest BCUT2D eigenvalue weighted by Gasteiger charge is -2.22. The summed E-state index contributed by atoms with van der Waals surface area (Å²) in [4.78, 5) is 11.9.